The number of alkyl halides is 6. The molecule has 0 radical (unpaired) electrons. The van der Waals surface area contributed by atoms with E-state index in [1.54, 1.807) is 4.90 Å². The second kappa shape index (κ2) is 12.0. The molecule has 200 valence electrons. The first-order valence-corrected chi connectivity index (χ1v) is 12.2. The number of nitrogens with zero attached hydrogens (tertiary/aromatic N) is 3. The second-order valence-electron chi connectivity index (χ2n) is 8.78. The molecule has 0 saturated carbocycles. The van der Waals surface area contributed by atoms with Gasteiger partial charge in [-0.15, -0.1) is 0 Å². The van der Waals surface area contributed by atoms with Crippen LogP contribution in [0.3, 0.4) is 0 Å². The third-order valence-corrected chi connectivity index (χ3v) is 6.88. The van der Waals surface area contributed by atoms with Crippen LogP contribution < -0.4 is 5.32 Å². The van der Waals surface area contributed by atoms with E-state index in [1.807, 2.05) is 18.0 Å². The maximum absolute atomic E-state index is 13.4. The standard InChI is InChI=1S/C23H28F6N4O2S/c1-32(10-11-34)9-6-30-20-19(36-21(35)31-20)12-15-4-7-33(8-5-15)14-16-2-3-17(22(24,25)26)13-18(16)23(27,28)29/h2-3,12-13,15,34H,4-11,14H2,1H3,(H,30,31,35). The molecule has 2 N–H and O–H groups in total. The van der Waals surface area contributed by atoms with E-state index in [-0.39, 0.29) is 35.9 Å². The number of piperidine rings is 1. The summed E-state index contributed by atoms with van der Waals surface area (Å²) in [5.41, 5.74) is -2.77. The number of carbonyl (C=O) groups is 1. The van der Waals surface area contributed by atoms with Crippen molar-refractivity contribution >= 4 is 22.8 Å². The molecule has 2 aliphatic heterocycles. The van der Waals surface area contributed by atoms with E-state index in [9.17, 15) is 31.1 Å². The first-order valence-electron chi connectivity index (χ1n) is 11.4. The summed E-state index contributed by atoms with van der Waals surface area (Å²) in [6, 6.07) is 1.77. The number of carbonyl (C=O) groups excluding carboxylic acids is 1. The van der Waals surface area contributed by atoms with Crippen LogP contribution in [0.1, 0.15) is 29.5 Å². The third-order valence-electron chi connectivity index (χ3n) is 6.05. The molecule has 1 aromatic rings. The minimum Gasteiger partial charge on any atom is -0.395 e. The van der Waals surface area contributed by atoms with Gasteiger partial charge in [0.2, 0.25) is 0 Å². The Morgan fingerprint density at radius 1 is 1.17 bits per heavy atom. The number of likely N-dealkylation sites (N-methyl/N-ethyl adjacent to an activating group) is 1. The van der Waals surface area contributed by atoms with E-state index in [1.165, 1.54) is 0 Å². The van der Waals surface area contributed by atoms with Crippen molar-refractivity contribution in [2.75, 3.05) is 46.4 Å². The van der Waals surface area contributed by atoms with Crippen molar-refractivity contribution in [2.24, 2.45) is 10.9 Å². The van der Waals surface area contributed by atoms with Crippen molar-refractivity contribution in [1.82, 2.24) is 15.1 Å². The number of hydrogen-bond donors (Lipinski definition) is 2. The van der Waals surface area contributed by atoms with Gasteiger partial charge in [0.25, 0.3) is 5.24 Å². The molecule has 1 aromatic carbocycles. The summed E-state index contributed by atoms with van der Waals surface area (Å²) in [7, 11) is 1.85. The van der Waals surface area contributed by atoms with Crippen molar-refractivity contribution in [2.45, 2.75) is 31.7 Å². The Labute approximate surface area is 209 Å². The number of amides is 1. The van der Waals surface area contributed by atoms with Crippen LogP contribution in [0, 0.1) is 5.92 Å². The highest BCUT2D eigenvalue weighted by Crippen LogP contribution is 2.38. The van der Waals surface area contributed by atoms with Gasteiger partial charge in [-0.05, 0) is 68.4 Å². The molecule has 3 rings (SSSR count). The SMILES string of the molecule is CN(CCO)CCN=C1NC(=O)SC1=CC1CCN(Cc2ccc(C(F)(F)F)cc2C(F)(F)F)CC1. The number of aliphatic imine (C=N–C) groups is 1. The van der Waals surface area contributed by atoms with Crippen molar-refractivity contribution < 1.29 is 36.2 Å². The molecule has 0 unspecified atom stereocenters. The van der Waals surface area contributed by atoms with Crippen molar-refractivity contribution in [1.29, 1.82) is 0 Å². The van der Waals surface area contributed by atoms with Crippen LogP contribution in [0.2, 0.25) is 0 Å². The van der Waals surface area contributed by atoms with E-state index in [2.05, 4.69) is 10.3 Å². The van der Waals surface area contributed by atoms with Gasteiger partial charge in [0, 0.05) is 19.6 Å². The summed E-state index contributed by atoms with van der Waals surface area (Å²) < 4.78 is 79.1. The summed E-state index contributed by atoms with van der Waals surface area (Å²) in [6.07, 6.45) is -6.52. The van der Waals surface area contributed by atoms with Gasteiger partial charge in [-0.3, -0.25) is 14.7 Å². The largest absolute Gasteiger partial charge is 0.416 e. The molecule has 13 heteroatoms. The van der Waals surface area contributed by atoms with Gasteiger partial charge < -0.3 is 15.3 Å². The first kappa shape index (κ1) is 28.5. The van der Waals surface area contributed by atoms with Gasteiger partial charge in [-0.1, -0.05) is 12.1 Å². The summed E-state index contributed by atoms with van der Waals surface area (Å²) >= 11 is 1.04. The van der Waals surface area contributed by atoms with Crippen LogP contribution in [-0.2, 0) is 18.9 Å². The predicted molar refractivity (Wildman–Crippen MR) is 126 cm³/mol. The average molecular weight is 539 g/mol. The van der Waals surface area contributed by atoms with Gasteiger partial charge in [0.1, 0.15) is 5.84 Å². The van der Waals surface area contributed by atoms with E-state index >= 15 is 0 Å². The van der Waals surface area contributed by atoms with Crippen LogP contribution in [0.25, 0.3) is 0 Å². The number of amidine groups is 1. The van der Waals surface area contributed by atoms with E-state index in [4.69, 9.17) is 5.11 Å². The fourth-order valence-corrected chi connectivity index (χ4v) is 4.88. The minimum atomic E-state index is -4.89. The molecule has 2 saturated heterocycles. The van der Waals surface area contributed by atoms with Gasteiger partial charge in [0.15, 0.2) is 0 Å². The van der Waals surface area contributed by atoms with Gasteiger partial charge in [0.05, 0.1) is 29.2 Å². The second-order valence-corrected chi connectivity index (χ2v) is 9.80. The Kier molecular flexibility index (Phi) is 9.47. The van der Waals surface area contributed by atoms with E-state index < -0.39 is 23.5 Å². The summed E-state index contributed by atoms with van der Waals surface area (Å²) in [5, 5.41) is 11.4. The molecule has 36 heavy (non-hydrogen) atoms. The Bertz CT molecular complexity index is 988. The normalized spacial score (nSPS) is 20.6. The maximum atomic E-state index is 13.4. The number of aliphatic hydroxyl groups is 1. The van der Waals surface area contributed by atoms with Crippen LogP contribution in [0.5, 0.6) is 0 Å². The number of halogens is 6. The molecule has 1 amide bonds. The van der Waals surface area contributed by atoms with Crippen LogP contribution in [0.15, 0.2) is 34.2 Å². The predicted octanol–water partition coefficient (Wildman–Crippen LogP) is 4.60. The number of aliphatic hydroxyl groups excluding tert-OH is 1. The monoisotopic (exact) mass is 538 g/mol. The summed E-state index contributed by atoms with van der Waals surface area (Å²) in [4.78, 5) is 20.7. The van der Waals surface area contributed by atoms with Crippen LogP contribution in [-0.4, -0.2) is 72.4 Å². The first-order chi connectivity index (χ1) is 16.9. The molecular weight excluding hydrogens is 510 g/mol. The number of thioether (sulfide) groups is 1. The molecular formula is C23H28F6N4O2S. The topological polar surface area (TPSA) is 68.2 Å². The highest BCUT2D eigenvalue weighted by Gasteiger charge is 2.38. The molecule has 2 heterocycles. The quantitative estimate of drug-likeness (QED) is 0.474. The van der Waals surface area contributed by atoms with Crippen molar-refractivity contribution in [3.63, 3.8) is 0 Å². The smallest absolute Gasteiger partial charge is 0.395 e. The van der Waals surface area contributed by atoms with Crippen molar-refractivity contribution in [3.8, 4) is 0 Å². The lowest BCUT2D eigenvalue weighted by Crippen LogP contribution is -2.33. The van der Waals surface area contributed by atoms with Crippen molar-refractivity contribution in [3.05, 3.63) is 45.9 Å². The fourth-order valence-electron chi connectivity index (χ4n) is 4.06. The number of allylic oxidation sites excluding steroid dienone is 1. The average Bonchev–Trinajstić information content (AvgIpc) is 3.12. The maximum Gasteiger partial charge on any atom is 0.416 e. The minimum absolute atomic E-state index is 0.0416. The lowest BCUT2D eigenvalue weighted by atomic mass is 9.95. The Morgan fingerprint density at radius 2 is 1.86 bits per heavy atom. The highest BCUT2D eigenvalue weighted by atomic mass is 32.2. The number of likely N-dealkylation sites (tertiary alicyclic amines) is 1. The van der Waals surface area contributed by atoms with E-state index in [0.29, 0.717) is 62.4 Å². The molecule has 2 fully saturated rings. The summed E-state index contributed by atoms with van der Waals surface area (Å²) in [6.45, 7) is 2.45. The lowest BCUT2D eigenvalue weighted by Gasteiger charge is -2.31. The molecule has 0 aliphatic carbocycles. The highest BCUT2D eigenvalue weighted by molar-refractivity contribution is 8.18. The molecule has 0 atom stereocenters. The van der Waals surface area contributed by atoms with E-state index in [0.717, 1.165) is 17.8 Å². The van der Waals surface area contributed by atoms with Gasteiger partial charge in [-0.2, -0.15) is 26.3 Å². The van der Waals surface area contributed by atoms with Gasteiger partial charge in [-0.25, -0.2) is 0 Å². The molecule has 2 aliphatic rings. The zero-order valence-electron chi connectivity index (χ0n) is 19.6. The zero-order valence-corrected chi connectivity index (χ0v) is 20.4. The van der Waals surface area contributed by atoms with Gasteiger partial charge >= 0.3 is 12.4 Å². The molecule has 0 aromatic heterocycles. The third kappa shape index (κ3) is 7.95. The Balaban J connectivity index is 1.62. The Hall–Kier alpha value is -2.09. The fraction of sp³-hybridized carbons (Fsp3) is 0.565. The number of hydrogen-bond acceptors (Lipinski definition) is 6. The zero-order chi connectivity index (χ0) is 26.5. The number of rotatable bonds is 8. The molecule has 0 spiro atoms. The summed E-state index contributed by atoms with van der Waals surface area (Å²) in [5.74, 6) is 0.581. The lowest BCUT2D eigenvalue weighted by molar-refractivity contribution is -0.143. The number of benzene rings is 1. The Morgan fingerprint density at radius 3 is 2.47 bits per heavy atom. The molecule has 6 nitrogen and oxygen atoms in total. The van der Waals surface area contributed by atoms with Crippen LogP contribution in [0.4, 0.5) is 31.1 Å². The molecule has 0 bridgehead atoms. The van der Waals surface area contributed by atoms with Crippen LogP contribution >= 0.6 is 11.8 Å². The number of nitrogens with one attached hydrogen (secondary N) is 1.